The quantitative estimate of drug-likeness (QED) is 0.586. The van der Waals surface area contributed by atoms with Gasteiger partial charge in [-0.25, -0.2) is 4.98 Å². The summed E-state index contributed by atoms with van der Waals surface area (Å²) in [6.07, 6.45) is 0. The van der Waals surface area contributed by atoms with Crippen molar-refractivity contribution in [1.29, 1.82) is 0 Å². The van der Waals surface area contributed by atoms with E-state index in [2.05, 4.69) is 63.2 Å². The molecule has 1 aromatic heterocycles. The Hall–Kier alpha value is -1.67. The summed E-state index contributed by atoms with van der Waals surface area (Å²) < 4.78 is 1.27. The van der Waals surface area contributed by atoms with Gasteiger partial charge in [0.2, 0.25) is 0 Å². The van der Waals surface area contributed by atoms with Crippen LogP contribution in [-0.2, 0) is 5.41 Å². The molecule has 0 aliphatic rings. The molecule has 0 saturated heterocycles. The first kappa shape index (κ1) is 12.4. The Morgan fingerprint density at radius 1 is 0.895 bits per heavy atom. The van der Waals surface area contributed by atoms with Crippen LogP contribution in [0.5, 0.6) is 0 Å². The van der Waals surface area contributed by atoms with Crippen LogP contribution in [0.3, 0.4) is 0 Å². The summed E-state index contributed by atoms with van der Waals surface area (Å²) in [5.41, 5.74) is 3.75. The van der Waals surface area contributed by atoms with E-state index in [1.165, 1.54) is 20.8 Å². The van der Waals surface area contributed by atoms with Crippen LogP contribution < -0.4 is 0 Å². The number of thiazole rings is 1. The lowest BCUT2D eigenvalue weighted by atomic mass is 9.98. The molecule has 3 aromatic rings. The summed E-state index contributed by atoms with van der Waals surface area (Å²) in [4.78, 5) is 4.74. The molecule has 0 spiro atoms. The standard InChI is InChI=1S/C17H17NS/c1-17(2,3)16-18-14-10-9-13(11-15(14)19-16)12-7-5-4-6-8-12/h4-11H,1-3H3. The van der Waals surface area contributed by atoms with E-state index >= 15 is 0 Å². The molecule has 0 bridgehead atoms. The van der Waals surface area contributed by atoms with E-state index in [1.807, 2.05) is 6.07 Å². The van der Waals surface area contributed by atoms with E-state index in [0.29, 0.717) is 0 Å². The highest BCUT2D eigenvalue weighted by molar-refractivity contribution is 7.18. The number of hydrogen-bond donors (Lipinski definition) is 0. The van der Waals surface area contributed by atoms with Crippen LogP contribution >= 0.6 is 11.3 Å². The number of benzene rings is 2. The number of hydrogen-bond acceptors (Lipinski definition) is 2. The van der Waals surface area contributed by atoms with E-state index in [0.717, 1.165) is 5.52 Å². The molecular formula is C17H17NS. The van der Waals surface area contributed by atoms with Gasteiger partial charge in [0.25, 0.3) is 0 Å². The minimum absolute atomic E-state index is 0.122. The van der Waals surface area contributed by atoms with Crippen molar-refractivity contribution in [1.82, 2.24) is 4.98 Å². The van der Waals surface area contributed by atoms with E-state index in [1.54, 1.807) is 11.3 Å². The van der Waals surface area contributed by atoms with Crippen LogP contribution in [-0.4, -0.2) is 4.98 Å². The summed E-state index contributed by atoms with van der Waals surface area (Å²) >= 11 is 1.80. The molecule has 0 unspecified atom stereocenters. The molecule has 96 valence electrons. The zero-order chi connectivity index (χ0) is 13.5. The Bertz CT molecular complexity index is 705. The lowest BCUT2D eigenvalue weighted by Crippen LogP contribution is -2.09. The van der Waals surface area contributed by atoms with E-state index < -0.39 is 0 Å². The van der Waals surface area contributed by atoms with E-state index in [4.69, 9.17) is 4.98 Å². The first-order chi connectivity index (χ1) is 9.04. The van der Waals surface area contributed by atoms with Gasteiger partial charge >= 0.3 is 0 Å². The number of aromatic nitrogens is 1. The fourth-order valence-electron chi connectivity index (χ4n) is 2.06. The molecule has 0 fully saturated rings. The third kappa shape index (κ3) is 2.41. The number of nitrogens with zero attached hydrogens (tertiary/aromatic N) is 1. The topological polar surface area (TPSA) is 12.9 Å². The molecule has 0 radical (unpaired) electrons. The first-order valence-electron chi connectivity index (χ1n) is 6.50. The largest absolute Gasteiger partial charge is 0.241 e. The van der Waals surface area contributed by atoms with Gasteiger partial charge in [-0.2, -0.15) is 0 Å². The zero-order valence-electron chi connectivity index (χ0n) is 11.5. The zero-order valence-corrected chi connectivity index (χ0v) is 12.3. The molecule has 2 heteroatoms. The van der Waals surface area contributed by atoms with Gasteiger partial charge in [-0.15, -0.1) is 11.3 Å². The first-order valence-corrected chi connectivity index (χ1v) is 7.32. The van der Waals surface area contributed by atoms with Gasteiger partial charge in [0.1, 0.15) is 0 Å². The predicted octanol–water partition coefficient (Wildman–Crippen LogP) is 5.26. The van der Waals surface area contributed by atoms with Crippen LogP contribution in [0.25, 0.3) is 21.3 Å². The summed E-state index contributed by atoms with van der Waals surface area (Å²) in [5.74, 6) is 0. The van der Waals surface area contributed by atoms with Crippen LogP contribution in [0.15, 0.2) is 48.5 Å². The smallest absolute Gasteiger partial charge is 0.0992 e. The Morgan fingerprint density at radius 2 is 1.63 bits per heavy atom. The highest BCUT2D eigenvalue weighted by atomic mass is 32.1. The van der Waals surface area contributed by atoms with Crippen molar-refractivity contribution in [3.05, 3.63) is 53.5 Å². The Morgan fingerprint density at radius 3 is 2.32 bits per heavy atom. The molecular weight excluding hydrogens is 250 g/mol. The van der Waals surface area contributed by atoms with Crippen molar-refractivity contribution in [3.63, 3.8) is 0 Å². The second kappa shape index (κ2) is 4.46. The fourth-order valence-corrected chi connectivity index (χ4v) is 3.12. The van der Waals surface area contributed by atoms with Gasteiger partial charge in [-0.05, 0) is 23.3 Å². The van der Waals surface area contributed by atoms with Crippen molar-refractivity contribution >= 4 is 21.6 Å². The molecule has 3 rings (SSSR count). The van der Waals surface area contributed by atoms with Crippen LogP contribution in [0.1, 0.15) is 25.8 Å². The lowest BCUT2D eigenvalue weighted by Gasteiger charge is -2.13. The lowest BCUT2D eigenvalue weighted by molar-refractivity contribution is 0.587. The second-order valence-electron chi connectivity index (χ2n) is 5.82. The Kier molecular flexibility index (Phi) is 2.90. The summed E-state index contributed by atoms with van der Waals surface area (Å²) in [6, 6.07) is 17.0. The third-order valence-electron chi connectivity index (χ3n) is 3.14. The molecule has 1 heterocycles. The fraction of sp³-hybridized carbons (Fsp3) is 0.235. The minimum Gasteiger partial charge on any atom is -0.241 e. The minimum atomic E-state index is 0.122. The molecule has 0 atom stereocenters. The van der Waals surface area contributed by atoms with Crippen LogP contribution in [0.4, 0.5) is 0 Å². The van der Waals surface area contributed by atoms with E-state index in [9.17, 15) is 0 Å². The van der Waals surface area contributed by atoms with Gasteiger partial charge in [0.05, 0.1) is 15.2 Å². The average molecular weight is 267 g/mol. The third-order valence-corrected chi connectivity index (χ3v) is 4.58. The van der Waals surface area contributed by atoms with Crippen molar-refractivity contribution < 1.29 is 0 Å². The number of fused-ring (bicyclic) bond motifs is 1. The average Bonchev–Trinajstić information content (AvgIpc) is 2.82. The molecule has 0 aliphatic carbocycles. The van der Waals surface area contributed by atoms with Crippen molar-refractivity contribution in [3.8, 4) is 11.1 Å². The SMILES string of the molecule is CC(C)(C)c1nc2ccc(-c3ccccc3)cc2s1. The maximum Gasteiger partial charge on any atom is 0.0992 e. The molecule has 19 heavy (non-hydrogen) atoms. The van der Waals surface area contributed by atoms with Crippen LogP contribution in [0, 0.1) is 0 Å². The van der Waals surface area contributed by atoms with Crippen molar-refractivity contribution in [2.45, 2.75) is 26.2 Å². The molecule has 1 nitrogen and oxygen atoms in total. The van der Waals surface area contributed by atoms with Gasteiger partial charge in [0.15, 0.2) is 0 Å². The van der Waals surface area contributed by atoms with Crippen molar-refractivity contribution in [2.75, 3.05) is 0 Å². The van der Waals surface area contributed by atoms with Gasteiger partial charge in [-0.3, -0.25) is 0 Å². The molecule has 0 saturated carbocycles. The summed E-state index contributed by atoms with van der Waals surface area (Å²) in [6.45, 7) is 6.63. The highest BCUT2D eigenvalue weighted by Gasteiger charge is 2.18. The predicted molar refractivity (Wildman–Crippen MR) is 83.8 cm³/mol. The van der Waals surface area contributed by atoms with Gasteiger partial charge in [0, 0.05) is 5.41 Å². The molecule has 0 amide bonds. The normalized spacial score (nSPS) is 11.9. The molecule has 0 N–H and O–H groups in total. The summed E-state index contributed by atoms with van der Waals surface area (Å²) in [5, 5.41) is 1.20. The van der Waals surface area contributed by atoms with Gasteiger partial charge < -0.3 is 0 Å². The molecule has 0 aliphatic heterocycles. The van der Waals surface area contributed by atoms with Crippen molar-refractivity contribution in [2.24, 2.45) is 0 Å². The van der Waals surface area contributed by atoms with E-state index in [-0.39, 0.29) is 5.41 Å². The summed E-state index contributed by atoms with van der Waals surface area (Å²) in [7, 11) is 0. The second-order valence-corrected chi connectivity index (χ2v) is 6.85. The number of rotatable bonds is 1. The maximum absolute atomic E-state index is 4.74. The van der Waals surface area contributed by atoms with Crippen LogP contribution in [0.2, 0.25) is 0 Å². The highest BCUT2D eigenvalue weighted by Crippen LogP contribution is 2.33. The maximum atomic E-state index is 4.74. The van der Waals surface area contributed by atoms with Gasteiger partial charge in [-0.1, -0.05) is 57.2 Å². The molecule has 2 aromatic carbocycles. The Labute approximate surface area is 117 Å². The Balaban J connectivity index is 2.11. The monoisotopic (exact) mass is 267 g/mol.